The molecular formula is C17H26N2O3S. The highest BCUT2D eigenvalue weighted by Crippen LogP contribution is 2.28. The molecule has 1 aliphatic rings. The van der Waals surface area contributed by atoms with Crippen molar-refractivity contribution in [2.75, 3.05) is 7.05 Å². The van der Waals surface area contributed by atoms with Crippen molar-refractivity contribution >= 4 is 23.3 Å². The van der Waals surface area contributed by atoms with Crippen LogP contribution in [-0.4, -0.2) is 35.6 Å². The van der Waals surface area contributed by atoms with Crippen molar-refractivity contribution in [1.29, 1.82) is 0 Å². The van der Waals surface area contributed by atoms with Gasteiger partial charge in [0.1, 0.15) is 5.60 Å². The molecule has 0 aliphatic heterocycles. The molecule has 2 unspecified atom stereocenters. The summed E-state index contributed by atoms with van der Waals surface area (Å²) in [5.74, 6) is 0.142. The third-order valence-electron chi connectivity index (χ3n) is 3.88. The third kappa shape index (κ3) is 5.53. The first kappa shape index (κ1) is 17.8. The molecule has 0 saturated heterocycles. The first-order valence-corrected chi connectivity index (χ1v) is 8.94. The Morgan fingerprint density at radius 3 is 2.74 bits per heavy atom. The number of carbonyl (C=O) groups excluding carboxylic acids is 2. The number of ether oxygens (including phenoxy) is 1. The Morgan fingerprint density at radius 2 is 2.13 bits per heavy atom. The molecule has 1 aliphatic carbocycles. The van der Waals surface area contributed by atoms with E-state index in [9.17, 15) is 9.59 Å². The Balaban J connectivity index is 1.80. The molecule has 0 bridgehead atoms. The fraction of sp³-hybridized carbons (Fsp3) is 0.647. The molecule has 0 spiro atoms. The molecule has 0 aromatic carbocycles. The molecule has 5 nitrogen and oxygen atoms in total. The number of thiophene rings is 1. The van der Waals surface area contributed by atoms with E-state index in [1.54, 1.807) is 16.2 Å². The van der Waals surface area contributed by atoms with E-state index in [4.69, 9.17) is 4.74 Å². The zero-order chi connectivity index (χ0) is 17.0. The van der Waals surface area contributed by atoms with Crippen LogP contribution in [0, 0.1) is 5.92 Å². The summed E-state index contributed by atoms with van der Waals surface area (Å²) in [6.45, 7) is 6.16. The summed E-state index contributed by atoms with van der Waals surface area (Å²) in [4.78, 5) is 26.1. The molecule has 2 amide bonds. The second-order valence-corrected chi connectivity index (χ2v) is 7.96. The summed E-state index contributed by atoms with van der Waals surface area (Å²) in [5, 5.41) is 6.95. The second-order valence-electron chi connectivity index (χ2n) is 7.18. The van der Waals surface area contributed by atoms with E-state index in [0.29, 0.717) is 13.0 Å². The van der Waals surface area contributed by atoms with Crippen LogP contribution in [0.3, 0.4) is 0 Å². The van der Waals surface area contributed by atoms with Gasteiger partial charge in [0.15, 0.2) is 0 Å². The maximum Gasteiger partial charge on any atom is 0.407 e. The van der Waals surface area contributed by atoms with Crippen LogP contribution >= 0.6 is 11.3 Å². The molecule has 1 heterocycles. The largest absolute Gasteiger partial charge is 0.444 e. The first-order chi connectivity index (χ1) is 10.7. The molecule has 6 heteroatoms. The van der Waals surface area contributed by atoms with Crippen molar-refractivity contribution in [2.45, 2.75) is 58.2 Å². The van der Waals surface area contributed by atoms with E-state index in [1.165, 1.54) is 0 Å². The summed E-state index contributed by atoms with van der Waals surface area (Å²) in [6.07, 6.45) is 1.92. The van der Waals surface area contributed by atoms with Crippen LogP contribution in [0.15, 0.2) is 16.8 Å². The molecule has 0 radical (unpaired) electrons. The number of rotatable bonds is 4. The van der Waals surface area contributed by atoms with Gasteiger partial charge < -0.3 is 15.0 Å². The van der Waals surface area contributed by atoms with E-state index >= 15 is 0 Å². The van der Waals surface area contributed by atoms with Crippen LogP contribution in [-0.2, 0) is 16.1 Å². The van der Waals surface area contributed by atoms with Crippen molar-refractivity contribution in [3.05, 3.63) is 22.4 Å². The standard InChI is InChI=1S/C17H26N2O3S/c1-17(2,3)22-16(21)18-14-6-5-13(9-14)15(20)19(4)10-12-7-8-23-11-12/h7-8,11,13-14H,5-6,9-10H2,1-4H3,(H,18,21). The van der Waals surface area contributed by atoms with Crippen LogP contribution < -0.4 is 5.32 Å². The maximum atomic E-state index is 12.5. The Morgan fingerprint density at radius 1 is 1.39 bits per heavy atom. The lowest BCUT2D eigenvalue weighted by atomic mass is 10.1. The fourth-order valence-electron chi connectivity index (χ4n) is 2.86. The molecule has 1 saturated carbocycles. The Kier molecular flexibility index (Phi) is 5.68. The molecule has 1 aromatic heterocycles. The second kappa shape index (κ2) is 7.34. The summed E-state index contributed by atoms with van der Waals surface area (Å²) in [6, 6.07) is 2.06. The van der Waals surface area contributed by atoms with Crippen LogP contribution in [0.4, 0.5) is 4.79 Å². The Labute approximate surface area is 142 Å². The van der Waals surface area contributed by atoms with Gasteiger partial charge in [0.25, 0.3) is 0 Å². The van der Waals surface area contributed by atoms with Crippen LogP contribution in [0.25, 0.3) is 0 Å². The lowest BCUT2D eigenvalue weighted by Crippen LogP contribution is -2.38. The van der Waals surface area contributed by atoms with E-state index in [0.717, 1.165) is 18.4 Å². The maximum absolute atomic E-state index is 12.5. The van der Waals surface area contributed by atoms with Gasteiger partial charge in [-0.25, -0.2) is 4.79 Å². The van der Waals surface area contributed by atoms with E-state index in [1.807, 2.05) is 39.3 Å². The number of hydrogen-bond donors (Lipinski definition) is 1. The predicted molar refractivity (Wildman–Crippen MR) is 91.3 cm³/mol. The SMILES string of the molecule is CN(Cc1ccsc1)C(=O)C1CCC(NC(=O)OC(C)(C)C)C1. The van der Waals surface area contributed by atoms with Gasteiger partial charge in [-0.1, -0.05) is 0 Å². The van der Waals surface area contributed by atoms with Crippen LogP contribution in [0.5, 0.6) is 0 Å². The normalized spacial score (nSPS) is 21.0. The smallest absolute Gasteiger partial charge is 0.407 e. The van der Waals surface area contributed by atoms with Gasteiger partial charge in [-0.3, -0.25) is 4.79 Å². The lowest BCUT2D eigenvalue weighted by Gasteiger charge is -2.22. The molecule has 128 valence electrons. The summed E-state index contributed by atoms with van der Waals surface area (Å²) < 4.78 is 5.27. The van der Waals surface area contributed by atoms with Crippen molar-refractivity contribution in [1.82, 2.24) is 10.2 Å². The van der Waals surface area contributed by atoms with Crippen molar-refractivity contribution in [3.63, 3.8) is 0 Å². The monoisotopic (exact) mass is 338 g/mol. The first-order valence-electron chi connectivity index (χ1n) is 8.00. The number of nitrogens with one attached hydrogen (secondary N) is 1. The van der Waals surface area contributed by atoms with Gasteiger partial charge in [0.05, 0.1) is 0 Å². The summed E-state index contributed by atoms with van der Waals surface area (Å²) >= 11 is 1.64. The number of nitrogens with zero attached hydrogens (tertiary/aromatic N) is 1. The Bertz CT molecular complexity index is 537. The third-order valence-corrected chi connectivity index (χ3v) is 4.61. The van der Waals surface area contributed by atoms with Gasteiger partial charge in [0, 0.05) is 25.6 Å². The molecule has 23 heavy (non-hydrogen) atoms. The van der Waals surface area contributed by atoms with Gasteiger partial charge in [-0.15, -0.1) is 0 Å². The van der Waals surface area contributed by atoms with Gasteiger partial charge in [0.2, 0.25) is 5.91 Å². The molecular weight excluding hydrogens is 312 g/mol. The molecule has 1 aromatic rings. The number of carbonyl (C=O) groups is 2. The molecule has 1 N–H and O–H groups in total. The zero-order valence-corrected chi connectivity index (χ0v) is 15.1. The van der Waals surface area contributed by atoms with Gasteiger partial charge in [-0.2, -0.15) is 11.3 Å². The molecule has 1 fully saturated rings. The van der Waals surface area contributed by atoms with E-state index in [-0.39, 0.29) is 17.9 Å². The summed E-state index contributed by atoms with van der Waals surface area (Å²) in [7, 11) is 1.84. The quantitative estimate of drug-likeness (QED) is 0.915. The minimum absolute atomic E-state index is 0.0152. The average Bonchev–Trinajstić information content (AvgIpc) is 3.07. The predicted octanol–water partition coefficient (Wildman–Crippen LogP) is 3.40. The highest BCUT2D eigenvalue weighted by atomic mass is 32.1. The molecule has 2 rings (SSSR count). The fourth-order valence-corrected chi connectivity index (χ4v) is 3.52. The van der Waals surface area contributed by atoms with Crippen molar-refractivity contribution in [3.8, 4) is 0 Å². The van der Waals surface area contributed by atoms with E-state index < -0.39 is 11.7 Å². The molecule has 2 atom stereocenters. The van der Waals surface area contributed by atoms with Gasteiger partial charge >= 0.3 is 6.09 Å². The van der Waals surface area contributed by atoms with Gasteiger partial charge in [-0.05, 0) is 62.4 Å². The van der Waals surface area contributed by atoms with Crippen molar-refractivity contribution < 1.29 is 14.3 Å². The average molecular weight is 338 g/mol. The van der Waals surface area contributed by atoms with E-state index in [2.05, 4.69) is 10.7 Å². The highest BCUT2D eigenvalue weighted by Gasteiger charge is 2.33. The minimum Gasteiger partial charge on any atom is -0.444 e. The number of alkyl carbamates (subject to hydrolysis) is 1. The van der Waals surface area contributed by atoms with Crippen molar-refractivity contribution in [2.24, 2.45) is 5.92 Å². The summed E-state index contributed by atoms with van der Waals surface area (Å²) in [5.41, 5.74) is 0.658. The Hall–Kier alpha value is -1.56. The lowest BCUT2D eigenvalue weighted by molar-refractivity contribution is -0.134. The minimum atomic E-state index is -0.501. The zero-order valence-electron chi connectivity index (χ0n) is 14.3. The van der Waals surface area contributed by atoms with Crippen LogP contribution in [0.1, 0.15) is 45.6 Å². The highest BCUT2D eigenvalue weighted by molar-refractivity contribution is 7.07. The topological polar surface area (TPSA) is 58.6 Å². The number of amides is 2. The van der Waals surface area contributed by atoms with Crippen LogP contribution in [0.2, 0.25) is 0 Å². The number of hydrogen-bond acceptors (Lipinski definition) is 4.